The van der Waals surface area contributed by atoms with E-state index in [0.29, 0.717) is 41.6 Å². The lowest BCUT2D eigenvalue weighted by atomic mass is 9.98. The number of aromatic nitrogens is 6. The van der Waals surface area contributed by atoms with E-state index >= 15 is 0 Å². The van der Waals surface area contributed by atoms with Gasteiger partial charge in [0.25, 0.3) is 5.89 Å². The Hall–Kier alpha value is -4.81. The number of anilines is 2. The number of carbonyl (C=O) groups is 1. The summed E-state index contributed by atoms with van der Waals surface area (Å²) in [5.74, 6) is -1.23. The summed E-state index contributed by atoms with van der Waals surface area (Å²) in [6.45, 7) is 0.968. The average molecular weight is 520 g/mol. The lowest BCUT2D eigenvalue weighted by Gasteiger charge is -2.40. The van der Waals surface area contributed by atoms with Gasteiger partial charge in [0.2, 0.25) is 17.7 Å². The third kappa shape index (κ3) is 4.53. The van der Waals surface area contributed by atoms with Crippen LogP contribution < -0.4 is 9.80 Å². The Bertz CT molecular complexity index is 1600. The number of nitrogens with zero attached hydrogens (tertiary/aromatic N) is 8. The van der Waals surface area contributed by atoms with Crippen molar-refractivity contribution < 1.29 is 22.4 Å². The van der Waals surface area contributed by atoms with Crippen molar-refractivity contribution in [2.45, 2.75) is 13.0 Å². The molecule has 5 heterocycles. The summed E-state index contributed by atoms with van der Waals surface area (Å²) >= 11 is 0. The van der Waals surface area contributed by atoms with Crippen molar-refractivity contribution in [1.29, 1.82) is 0 Å². The van der Waals surface area contributed by atoms with Gasteiger partial charge in [0.1, 0.15) is 11.5 Å². The van der Waals surface area contributed by atoms with Gasteiger partial charge in [-0.05, 0) is 36.4 Å². The zero-order valence-electron chi connectivity index (χ0n) is 19.7. The van der Waals surface area contributed by atoms with E-state index in [1.165, 1.54) is 17.0 Å². The van der Waals surface area contributed by atoms with Crippen LogP contribution in [0.3, 0.4) is 0 Å². The minimum Gasteiger partial charge on any atom is -0.415 e. The maximum Gasteiger partial charge on any atom is 0.314 e. The fraction of sp³-hybridized carbons (Fsp3) is 0.200. The molecule has 38 heavy (non-hydrogen) atoms. The molecule has 0 bridgehead atoms. The summed E-state index contributed by atoms with van der Waals surface area (Å²) in [7, 11) is 0. The fourth-order valence-electron chi connectivity index (χ4n) is 4.26. The standard InChI is InChI=1S/C25H19F3N8O2/c26-17-3-1-4-19(10-17)36(24(37)16-11-35(12-16)25-29-6-2-7-30-25)14-18-13-34-8-5-15(9-20(34)31-18)22-32-33-23(38-22)21(27)28/h1-10,13,16,21H,11-12,14H2. The highest BCUT2D eigenvalue weighted by Crippen LogP contribution is 2.28. The first-order valence-corrected chi connectivity index (χ1v) is 11.6. The van der Waals surface area contributed by atoms with E-state index in [4.69, 9.17) is 4.42 Å². The van der Waals surface area contributed by atoms with E-state index in [9.17, 15) is 18.0 Å². The molecule has 0 unspecified atom stereocenters. The van der Waals surface area contributed by atoms with Gasteiger partial charge in [-0.15, -0.1) is 10.2 Å². The molecule has 1 saturated heterocycles. The highest BCUT2D eigenvalue weighted by Gasteiger charge is 2.37. The second-order valence-corrected chi connectivity index (χ2v) is 8.71. The molecule has 1 amide bonds. The number of hydrogen-bond acceptors (Lipinski definition) is 8. The first kappa shape index (κ1) is 23.6. The summed E-state index contributed by atoms with van der Waals surface area (Å²) in [4.78, 5) is 30.0. The van der Waals surface area contributed by atoms with Gasteiger partial charge in [-0.3, -0.25) is 4.79 Å². The molecule has 0 radical (unpaired) electrons. The van der Waals surface area contributed by atoms with Crippen molar-refractivity contribution >= 4 is 23.2 Å². The Labute approximate surface area is 213 Å². The topological polar surface area (TPSA) is 106 Å². The van der Waals surface area contributed by atoms with Crippen LogP contribution in [0.5, 0.6) is 0 Å². The van der Waals surface area contributed by atoms with E-state index in [2.05, 4.69) is 25.1 Å². The third-order valence-corrected chi connectivity index (χ3v) is 6.16. The molecule has 4 aromatic heterocycles. The summed E-state index contributed by atoms with van der Waals surface area (Å²) in [6.07, 6.45) is 3.82. The van der Waals surface area contributed by atoms with Crippen LogP contribution in [0.25, 0.3) is 17.1 Å². The quantitative estimate of drug-likeness (QED) is 0.318. The Morgan fingerprint density at radius 2 is 1.92 bits per heavy atom. The summed E-state index contributed by atoms with van der Waals surface area (Å²) in [6, 6.07) is 10.8. The molecule has 1 fully saturated rings. The maximum absolute atomic E-state index is 14.1. The van der Waals surface area contributed by atoms with E-state index in [1.54, 1.807) is 59.5 Å². The van der Waals surface area contributed by atoms with Crippen molar-refractivity contribution in [2.24, 2.45) is 5.92 Å². The molecule has 1 aliphatic heterocycles. The van der Waals surface area contributed by atoms with E-state index in [1.807, 2.05) is 4.90 Å². The highest BCUT2D eigenvalue weighted by molar-refractivity contribution is 5.96. The fourth-order valence-corrected chi connectivity index (χ4v) is 4.26. The predicted octanol–water partition coefficient (Wildman–Crippen LogP) is 3.92. The van der Waals surface area contributed by atoms with Gasteiger partial charge in [-0.1, -0.05) is 6.07 Å². The van der Waals surface area contributed by atoms with Crippen molar-refractivity contribution in [3.8, 4) is 11.5 Å². The monoisotopic (exact) mass is 520 g/mol. The number of benzene rings is 1. The van der Waals surface area contributed by atoms with Crippen LogP contribution in [-0.4, -0.2) is 48.5 Å². The molecular weight excluding hydrogens is 501 g/mol. The van der Waals surface area contributed by atoms with Gasteiger partial charge in [0.05, 0.1) is 18.2 Å². The lowest BCUT2D eigenvalue weighted by molar-refractivity contribution is -0.123. The van der Waals surface area contributed by atoms with Crippen LogP contribution in [0.1, 0.15) is 18.0 Å². The van der Waals surface area contributed by atoms with Crippen molar-refractivity contribution in [3.63, 3.8) is 0 Å². The Morgan fingerprint density at radius 3 is 2.66 bits per heavy atom. The van der Waals surface area contributed by atoms with Crippen LogP contribution in [-0.2, 0) is 11.3 Å². The van der Waals surface area contributed by atoms with Gasteiger partial charge in [-0.25, -0.2) is 19.3 Å². The van der Waals surface area contributed by atoms with Crippen LogP contribution >= 0.6 is 0 Å². The van der Waals surface area contributed by atoms with Gasteiger partial charge < -0.3 is 18.6 Å². The summed E-state index contributed by atoms with van der Waals surface area (Å²) in [5, 5.41) is 7.02. The minimum absolute atomic E-state index is 0.0548. The number of imidazole rings is 1. The third-order valence-electron chi connectivity index (χ3n) is 6.16. The maximum atomic E-state index is 14.1. The number of halogens is 3. The summed E-state index contributed by atoms with van der Waals surface area (Å²) < 4.78 is 46.5. The molecule has 0 aliphatic carbocycles. The molecule has 192 valence electrons. The van der Waals surface area contributed by atoms with Crippen molar-refractivity contribution in [2.75, 3.05) is 22.9 Å². The smallest absolute Gasteiger partial charge is 0.314 e. The highest BCUT2D eigenvalue weighted by atomic mass is 19.3. The first-order chi connectivity index (χ1) is 18.4. The van der Waals surface area contributed by atoms with Crippen LogP contribution in [0.15, 0.2) is 71.7 Å². The molecule has 0 spiro atoms. The van der Waals surface area contributed by atoms with Gasteiger partial charge in [0.15, 0.2) is 0 Å². The zero-order chi connectivity index (χ0) is 26.2. The Morgan fingerprint density at radius 1 is 1.11 bits per heavy atom. The second-order valence-electron chi connectivity index (χ2n) is 8.71. The number of fused-ring (bicyclic) bond motifs is 1. The number of hydrogen-bond donors (Lipinski definition) is 0. The van der Waals surface area contributed by atoms with E-state index < -0.39 is 18.1 Å². The molecule has 6 rings (SSSR count). The molecular formula is C25H19F3N8O2. The van der Waals surface area contributed by atoms with Crippen molar-refractivity contribution in [3.05, 3.63) is 84.7 Å². The molecule has 1 aromatic carbocycles. The summed E-state index contributed by atoms with van der Waals surface area (Å²) in [5.41, 5.74) is 1.86. The molecule has 10 nitrogen and oxygen atoms in total. The van der Waals surface area contributed by atoms with E-state index in [0.717, 1.165) is 0 Å². The molecule has 0 N–H and O–H groups in total. The second kappa shape index (κ2) is 9.57. The van der Waals surface area contributed by atoms with Crippen LogP contribution in [0, 0.1) is 11.7 Å². The number of alkyl halides is 2. The Balaban J connectivity index is 1.25. The number of carbonyl (C=O) groups excluding carboxylic acids is 1. The first-order valence-electron chi connectivity index (χ1n) is 11.6. The average Bonchev–Trinajstić information content (AvgIpc) is 3.54. The molecule has 13 heteroatoms. The van der Waals surface area contributed by atoms with E-state index in [-0.39, 0.29) is 24.3 Å². The van der Waals surface area contributed by atoms with Gasteiger partial charge >= 0.3 is 6.43 Å². The number of rotatable bonds is 7. The SMILES string of the molecule is O=C(C1CN(c2ncccn2)C1)N(Cc1cn2ccc(-c3nnc(C(F)F)o3)cc2n1)c1cccc(F)c1. The lowest BCUT2D eigenvalue weighted by Crippen LogP contribution is -2.55. The normalized spacial score (nSPS) is 13.7. The molecule has 1 aliphatic rings. The predicted molar refractivity (Wildman–Crippen MR) is 129 cm³/mol. The minimum atomic E-state index is -2.87. The Kier molecular flexibility index (Phi) is 5.94. The largest absolute Gasteiger partial charge is 0.415 e. The van der Waals surface area contributed by atoms with Crippen molar-refractivity contribution in [1.82, 2.24) is 29.5 Å². The van der Waals surface area contributed by atoms with Crippen LogP contribution in [0.2, 0.25) is 0 Å². The molecule has 0 saturated carbocycles. The molecule has 0 atom stereocenters. The zero-order valence-corrected chi connectivity index (χ0v) is 19.7. The number of pyridine rings is 1. The molecule has 5 aromatic rings. The van der Waals surface area contributed by atoms with Gasteiger partial charge in [0, 0.05) is 49.1 Å². The number of amides is 1. The van der Waals surface area contributed by atoms with Crippen LogP contribution in [0.4, 0.5) is 24.8 Å². The van der Waals surface area contributed by atoms with Gasteiger partial charge in [-0.2, -0.15) is 8.78 Å².